The fraction of sp³-hybridized carbons (Fsp3) is 0.571. The van der Waals surface area contributed by atoms with Crippen LogP contribution >= 0.6 is 11.6 Å². The number of rotatable bonds is 6. The fourth-order valence-electron chi connectivity index (χ4n) is 1.48. The van der Waals surface area contributed by atoms with E-state index in [0.29, 0.717) is 23.8 Å². The summed E-state index contributed by atoms with van der Waals surface area (Å²) in [6, 6.07) is 6.03. The van der Waals surface area contributed by atoms with Gasteiger partial charge in [-0.05, 0) is 45.5 Å². The second kappa shape index (κ2) is 6.41. The van der Waals surface area contributed by atoms with E-state index in [1.165, 1.54) is 0 Å². The van der Waals surface area contributed by atoms with Gasteiger partial charge in [-0.1, -0.05) is 17.7 Å². The van der Waals surface area contributed by atoms with Gasteiger partial charge in [0, 0.05) is 12.5 Å². The highest BCUT2D eigenvalue weighted by Crippen LogP contribution is 2.28. The van der Waals surface area contributed by atoms with E-state index < -0.39 is 5.60 Å². The summed E-state index contributed by atoms with van der Waals surface area (Å²) in [4.78, 5) is 0. The topological polar surface area (TPSA) is 41.5 Å². The van der Waals surface area contributed by atoms with E-state index in [4.69, 9.17) is 16.3 Å². The number of hydrogen-bond donors (Lipinski definition) is 2. The minimum absolute atomic E-state index is 0.257. The lowest BCUT2D eigenvalue weighted by Crippen LogP contribution is -2.21. The number of hydrogen-bond acceptors (Lipinski definition) is 3. The number of benzene rings is 1. The number of aliphatic hydroxyl groups is 1. The highest BCUT2D eigenvalue weighted by atomic mass is 35.5. The van der Waals surface area contributed by atoms with Crippen LogP contribution < -0.4 is 10.1 Å². The number of nitrogens with one attached hydrogen (secondary N) is 1. The van der Waals surface area contributed by atoms with Crippen LogP contribution in [0.25, 0.3) is 0 Å². The normalized spacial score (nSPS) is 13.4. The van der Waals surface area contributed by atoms with Crippen molar-refractivity contribution in [2.75, 3.05) is 13.7 Å². The lowest BCUT2D eigenvalue weighted by atomic mass is 10.1. The first kappa shape index (κ1) is 15.3. The minimum Gasteiger partial charge on any atom is -0.492 e. The smallest absolute Gasteiger partial charge is 0.137 e. The summed E-state index contributed by atoms with van der Waals surface area (Å²) >= 11 is 6.17. The summed E-state index contributed by atoms with van der Waals surface area (Å²) in [6.07, 6.45) is 0.567. The average molecular weight is 272 g/mol. The van der Waals surface area contributed by atoms with Crippen LogP contribution in [0.1, 0.15) is 38.8 Å². The largest absolute Gasteiger partial charge is 0.492 e. The van der Waals surface area contributed by atoms with E-state index >= 15 is 0 Å². The summed E-state index contributed by atoms with van der Waals surface area (Å²) in [6.45, 7) is 6.04. The van der Waals surface area contributed by atoms with Crippen molar-refractivity contribution in [2.24, 2.45) is 0 Å². The highest BCUT2D eigenvalue weighted by molar-refractivity contribution is 6.32. The van der Waals surface area contributed by atoms with Crippen molar-refractivity contribution in [3.8, 4) is 5.75 Å². The molecule has 4 heteroatoms. The van der Waals surface area contributed by atoms with Crippen LogP contribution in [0.2, 0.25) is 5.02 Å². The Labute approximate surface area is 114 Å². The molecule has 2 N–H and O–H groups in total. The summed E-state index contributed by atoms with van der Waals surface area (Å²) < 4.78 is 5.57. The zero-order valence-corrected chi connectivity index (χ0v) is 12.2. The van der Waals surface area contributed by atoms with Gasteiger partial charge in [-0.3, -0.25) is 0 Å². The van der Waals surface area contributed by atoms with Crippen LogP contribution in [0.15, 0.2) is 18.2 Å². The first-order chi connectivity index (χ1) is 8.33. The van der Waals surface area contributed by atoms with Crippen molar-refractivity contribution < 1.29 is 9.84 Å². The van der Waals surface area contributed by atoms with Gasteiger partial charge >= 0.3 is 0 Å². The fourth-order valence-corrected chi connectivity index (χ4v) is 1.72. The van der Waals surface area contributed by atoms with E-state index in [1.807, 2.05) is 25.2 Å². The van der Waals surface area contributed by atoms with E-state index in [0.717, 1.165) is 5.56 Å². The molecule has 1 rings (SSSR count). The van der Waals surface area contributed by atoms with Crippen LogP contribution in [-0.4, -0.2) is 24.4 Å². The molecule has 1 unspecified atom stereocenters. The Bertz CT molecular complexity index is 388. The van der Waals surface area contributed by atoms with E-state index in [9.17, 15) is 5.11 Å². The van der Waals surface area contributed by atoms with Gasteiger partial charge in [0.15, 0.2) is 0 Å². The minimum atomic E-state index is -0.715. The zero-order valence-electron chi connectivity index (χ0n) is 11.5. The maximum absolute atomic E-state index is 9.59. The molecular formula is C14H22ClNO2. The molecular weight excluding hydrogens is 250 g/mol. The molecule has 0 aromatic heterocycles. The molecule has 1 aromatic carbocycles. The van der Waals surface area contributed by atoms with Crippen LogP contribution in [0.5, 0.6) is 5.75 Å². The molecule has 102 valence electrons. The Balaban J connectivity index is 2.63. The molecule has 18 heavy (non-hydrogen) atoms. The zero-order chi connectivity index (χ0) is 13.8. The maximum Gasteiger partial charge on any atom is 0.137 e. The molecule has 1 atom stereocenters. The summed E-state index contributed by atoms with van der Waals surface area (Å²) in [5.41, 5.74) is 0.407. The molecule has 0 saturated carbocycles. The van der Waals surface area contributed by atoms with Gasteiger partial charge in [-0.25, -0.2) is 0 Å². The van der Waals surface area contributed by atoms with Gasteiger partial charge < -0.3 is 15.2 Å². The molecule has 1 aromatic rings. The van der Waals surface area contributed by atoms with Crippen LogP contribution in [-0.2, 0) is 0 Å². The predicted octanol–water partition coefficient (Wildman–Crippen LogP) is 3.16. The van der Waals surface area contributed by atoms with Gasteiger partial charge in [0.25, 0.3) is 0 Å². The molecule has 0 radical (unpaired) electrons. The summed E-state index contributed by atoms with van der Waals surface area (Å²) in [7, 11) is 1.91. The Hall–Kier alpha value is -0.770. The Kier molecular flexibility index (Phi) is 5.45. The molecule has 0 amide bonds. The molecule has 0 aliphatic heterocycles. The number of ether oxygens (including phenoxy) is 1. The number of halogens is 1. The van der Waals surface area contributed by atoms with Gasteiger partial charge in [0.2, 0.25) is 0 Å². The molecule has 0 saturated heterocycles. The maximum atomic E-state index is 9.59. The lowest BCUT2D eigenvalue weighted by Gasteiger charge is -2.18. The summed E-state index contributed by atoms with van der Waals surface area (Å²) in [5, 5.41) is 13.4. The quantitative estimate of drug-likeness (QED) is 0.835. The second-order valence-electron chi connectivity index (χ2n) is 5.11. The standard InChI is InChI=1S/C14H22ClNO2/c1-10(16-4)11-5-6-13(12(15)9-11)18-8-7-14(2,3)17/h5-6,9-10,16-17H,7-8H2,1-4H3. The molecule has 0 spiro atoms. The Morgan fingerprint density at radius 1 is 1.44 bits per heavy atom. The summed E-state index contributed by atoms with van der Waals surface area (Å²) in [5.74, 6) is 0.660. The predicted molar refractivity (Wildman–Crippen MR) is 75.3 cm³/mol. The van der Waals surface area contributed by atoms with Gasteiger partial charge in [0.05, 0.1) is 17.2 Å². The monoisotopic (exact) mass is 271 g/mol. The third-order valence-corrected chi connectivity index (χ3v) is 3.16. The molecule has 0 aliphatic carbocycles. The van der Waals surface area contributed by atoms with Crippen molar-refractivity contribution in [1.29, 1.82) is 0 Å². The molecule has 3 nitrogen and oxygen atoms in total. The van der Waals surface area contributed by atoms with Crippen molar-refractivity contribution >= 4 is 11.6 Å². The second-order valence-corrected chi connectivity index (χ2v) is 5.52. The third kappa shape index (κ3) is 4.84. The molecule has 0 bridgehead atoms. The molecule has 0 fully saturated rings. The SMILES string of the molecule is CNC(C)c1ccc(OCCC(C)(C)O)c(Cl)c1. The Morgan fingerprint density at radius 3 is 2.61 bits per heavy atom. The first-order valence-corrected chi connectivity index (χ1v) is 6.53. The molecule has 0 aliphatic rings. The van der Waals surface area contributed by atoms with Crippen LogP contribution in [0, 0.1) is 0 Å². The van der Waals surface area contributed by atoms with Crippen molar-refractivity contribution in [3.05, 3.63) is 28.8 Å². The lowest BCUT2D eigenvalue weighted by molar-refractivity contribution is 0.0553. The van der Waals surface area contributed by atoms with Crippen molar-refractivity contribution in [1.82, 2.24) is 5.32 Å². The Morgan fingerprint density at radius 2 is 2.11 bits per heavy atom. The molecule has 0 heterocycles. The van der Waals surface area contributed by atoms with E-state index in [2.05, 4.69) is 12.2 Å². The van der Waals surface area contributed by atoms with Gasteiger partial charge in [0.1, 0.15) is 5.75 Å². The van der Waals surface area contributed by atoms with Crippen LogP contribution in [0.4, 0.5) is 0 Å². The highest BCUT2D eigenvalue weighted by Gasteiger charge is 2.13. The first-order valence-electron chi connectivity index (χ1n) is 6.15. The third-order valence-electron chi connectivity index (χ3n) is 2.86. The van der Waals surface area contributed by atoms with E-state index in [-0.39, 0.29) is 6.04 Å². The van der Waals surface area contributed by atoms with Crippen LogP contribution in [0.3, 0.4) is 0 Å². The van der Waals surface area contributed by atoms with Crippen molar-refractivity contribution in [3.63, 3.8) is 0 Å². The van der Waals surface area contributed by atoms with Crippen molar-refractivity contribution in [2.45, 2.75) is 38.8 Å². The average Bonchev–Trinajstić information content (AvgIpc) is 2.28. The van der Waals surface area contributed by atoms with E-state index in [1.54, 1.807) is 13.8 Å². The van der Waals surface area contributed by atoms with Gasteiger partial charge in [-0.2, -0.15) is 0 Å². The van der Waals surface area contributed by atoms with Gasteiger partial charge in [-0.15, -0.1) is 0 Å².